The molecule has 0 aromatic carbocycles. The molecule has 1 aromatic heterocycles. The van der Waals surface area contributed by atoms with E-state index < -0.39 is 0 Å². The lowest BCUT2D eigenvalue weighted by atomic mass is 10.0. The molecule has 90 valence electrons. The van der Waals surface area contributed by atoms with Crippen molar-refractivity contribution in [3.63, 3.8) is 0 Å². The second-order valence-electron chi connectivity index (χ2n) is 4.73. The predicted octanol–water partition coefficient (Wildman–Crippen LogP) is 2.44. The molecule has 1 atom stereocenters. The minimum absolute atomic E-state index is 0.0436. The Morgan fingerprint density at radius 2 is 2.06 bits per heavy atom. The lowest BCUT2D eigenvalue weighted by Crippen LogP contribution is -2.31. The Morgan fingerprint density at radius 3 is 2.62 bits per heavy atom. The van der Waals surface area contributed by atoms with E-state index >= 15 is 0 Å². The quantitative estimate of drug-likeness (QED) is 0.831. The maximum Gasteiger partial charge on any atom is 0.134 e. The third-order valence-electron chi connectivity index (χ3n) is 2.85. The summed E-state index contributed by atoms with van der Waals surface area (Å²) < 4.78 is 0. The van der Waals surface area contributed by atoms with Gasteiger partial charge < -0.3 is 10.0 Å². The number of nitrogens with zero attached hydrogens (tertiary/aromatic N) is 2. The van der Waals surface area contributed by atoms with Gasteiger partial charge in [-0.05, 0) is 25.3 Å². The van der Waals surface area contributed by atoms with Crippen LogP contribution in [0.2, 0.25) is 0 Å². The fourth-order valence-corrected chi connectivity index (χ4v) is 1.92. The second-order valence-corrected chi connectivity index (χ2v) is 4.73. The first-order valence-corrected chi connectivity index (χ1v) is 5.83. The summed E-state index contributed by atoms with van der Waals surface area (Å²) in [4.78, 5) is 6.49. The minimum atomic E-state index is 0.0436. The van der Waals surface area contributed by atoms with Gasteiger partial charge in [0.25, 0.3) is 0 Å². The van der Waals surface area contributed by atoms with Gasteiger partial charge in [0.2, 0.25) is 0 Å². The molecule has 0 aliphatic carbocycles. The number of aromatic nitrogens is 1. The first kappa shape index (κ1) is 13.0. The van der Waals surface area contributed by atoms with Crippen LogP contribution in [0.25, 0.3) is 0 Å². The van der Waals surface area contributed by atoms with Crippen molar-refractivity contribution in [1.82, 2.24) is 4.98 Å². The summed E-state index contributed by atoms with van der Waals surface area (Å²) >= 11 is 0. The van der Waals surface area contributed by atoms with E-state index in [1.54, 1.807) is 6.20 Å². The molecule has 1 heterocycles. The molecule has 0 saturated carbocycles. The zero-order chi connectivity index (χ0) is 12.1. The highest BCUT2D eigenvalue weighted by atomic mass is 16.3. The lowest BCUT2D eigenvalue weighted by molar-refractivity contribution is 0.281. The topological polar surface area (TPSA) is 36.4 Å². The smallest absolute Gasteiger partial charge is 0.134 e. The Labute approximate surface area is 98.1 Å². The van der Waals surface area contributed by atoms with Crippen molar-refractivity contribution in [3.8, 4) is 0 Å². The summed E-state index contributed by atoms with van der Waals surface area (Å²) in [5.74, 6) is 1.55. The van der Waals surface area contributed by atoms with E-state index in [0.717, 1.165) is 17.8 Å². The van der Waals surface area contributed by atoms with Gasteiger partial charge in [-0.25, -0.2) is 4.98 Å². The molecule has 0 fully saturated rings. The average Bonchev–Trinajstić information content (AvgIpc) is 2.27. The molecule has 1 aromatic rings. The number of aliphatic hydroxyl groups is 1. The van der Waals surface area contributed by atoms with E-state index in [1.807, 2.05) is 19.2 Å². The summed E-state index contributed by atoms with van der Waals surface area (Å²) in [5.41, 5.74) is 0.889. The molecule has 0 aliphatic rings. The highest BCUT2D eigenvalue weighted by Gasteiger charge is 2.15. The minimum Gasteiger partial charge on any atom is -0.392 e. The van der Waals surface area contributed by atoms with E-state index in [1.165, 1.54) is 0 Å². The average molecular weight is 222 g/mol. The number of rotatable bonds is 5. The van der Waals surface area contributed by atoms with Crippen LogP contribution in [0.1, 0.15) is 32.8 Å². The summed E-state index contributed by atoms with van der Waals surface area (Å²) in [5, 5.41) is 9.26. The number of hydrogen-bond donors (Lipinski definition) is 1. The summed E-state index contributed by atoms with van der Waals surface area (Å²) in [6, 6.07) is 4.21. The van der Waals surface area contributed by atoms with Crippen LogP contribution in [0.5, 0.6) is 0 Å². The zero-order valence-corrected chi connectivity index (χ0v) is 10.6. The van der Waals surface area contributed by atoms with Crippen molar-refractivity contribution >= 4 is 5.82 Å². The molecule has 16 heavy (non-hydrogen) atoms. The number of aliphatic hydroxyl groups excluding tert-OH is 1. The first-order chi connectivity index (χ1) is 7.56. The Hall–Kier alpha value is -1.09. The standard InChI is InChI=1S/C13H22N2O/c1-10(2)8-11(3)15(4)13-12(9-16)6-5-7-14-13/h5-7,10-11,16H,8-9H2,1-4H3. The van der Waals surface area contributed by atoms with E-state index in [-0.39, 0.29) is 6.61 Å². The summed E-state index contributed by atoms with van der Waals surface area (Å²) in [6.45, 7) is 6.67. The molecule has 1 unspecified atom stereocenters. The van der Waals surface area contributed by atoms with Crippen molar-refractivity contribution < 1.29 is 5.11 Å². The molecule has 0 bridgehead atoms. The van der Waals surface area contributed by atoms with Crippen molar-refractivity contribution in [2.75, 3.05) is 11.9 Å². The van der Waals surface area contributed by atoms with Crippen molar-refractivity contribution in [1.29, 1.82) is 0 Å². The van der Waals surface area contributed by atoms with Crippen LogP contribution in [-0.2, 0) is 6.61 Å². The Morgan fingerprint density at radius 1 is 1.38 bits per heavy atom. The maximum absolute atomic E-state index is 9.26. The number of hydrogen-bond acceptors (Lipinski definition) is 3. The van der Waals surface area contributed by atoms with Gasteiger partial charge in [0.05, 0.1) is 6.61 Å². The van der Waals surface area contributed by atoms with Gasteiger partial charge in [-0.2, -0.15) is 0 Å². The molecule has 0 saturated heterocycles. The first-order valence-electron chi connectivity index (χ1n) is 5.83. The maximum atomic E-state index is 9.26. The summed E-state index contributed by atoms with van der Waals surface area (Å²) in [7, 11) is 2.04. The zero-order valence-electron chi connectivity index (χ0n) is 10.6. The fourth-order valence-electron chi connectivity index (χ4n) is 1.92. The van der Waals surface area contributed by atoms with Crippen LogP contribution in [0.15, 0.2) is 18.3 Å². The van der Waals surface area contributed by atoms with Gasteiger partial charge in [0.15, 0.2) is 0 Å². The highest BCUT2D eigenvalue weighted by molar-refractivity contribution is 5.46. The largest absolute Gasteiger partial charge is 0.392 e. The second kappa shape index (κ2) is 5.85. The van der Waals surface area contributed by atoms with Gasteiger partial charge in [0, 0.05) is 24.8 Å². The van der Waals surface area contributed by atoms with Gasteiger partial charge in [-0.15, -0.1) is 0 Å². The molecule has 3 heteroatoms. The normalized spacial score (nSPS) is 12.9. The monoisotopic (exact) mass is 222 g/mol. The van der Waals surface area contributed by atoms with E-state index in [4.69, 9.17) is 0 Å². The molecule has 1 N–H and O–H groups in total. The molecular weight excluding hydrogens is 200 g/mol. The summed E-state index contributed by atoms with van der Waals surface area (Å²) in [6.07, 6.45) is 2.89. The predicted molar refractivity (Wildman–Crippen MR) is 67.5 cm³/mol. The van der Waals surface area contributed by atoms with Crippen LogP contribution in [-0.4, -0.2) is 23.2 Å². The van der Waals surface area contributed by atoms with Gasteiger partial charge >= 0.3 is 0 Å². The van der Waals surface area contributed by atoms with Crippen molar-refractivity contribution in [3.05, 3.63) is 23.9 Å². The third-order valence-corrected chi connectivity index (χ3v) is 2.85. The highest BCUT2D eigenvalue weighted by Crippen LogP contribution is 2.20. The van der Waals surface area contributed by atoms with Crippen LogP contribution < -0.4 is 4.90 Å². The van der Waals surface area contributed by atoms with Crippen molar-refractivity contribution in [2.24, 2.45) is 5.92 Å². The van der Waals surface area contributed by atoms with Crippen LogP contribution in [0.4, 0.5) is 5.82 Å². The van der Waals surface area contributed by atoms with E-state index in [9.17, 15) is 5.11 Å². The molecule has 0 spiro atoms. The van der Waals surface area contributed by atoms with E-state index in [0.29, 0.717) is 12.0 Å². The van der Waals surface area contributed by atoms with Crippen LogP contribution >= 0.6 is 0 Å². The molecule has 0 aliphatic heterocycles. The van der Waals surface area contributed by atoms with E-state index in [2.05, 4.69) is 30.7 Å². The van der Waals surface area contributed by atoms with Crippen molar-refractivity contribution in [2.45, 2.75) is 39.8 Å². The molecule has 3 nitrogen and oxygen atoms in total. The Kier molecular flexibility index (Phi) is 4.74. The van der Waals surface area contributed by atoms with Gasteiger partial charge in [0.1, 0.15) is 5.82 Å². The third kappa shape index (κ3) is 3.20. The number of pyridine rings is 1. The fraction of sp³-hybridized carbons (Fsp3) is 0.615. The molecule has 0 radical (unpaired) electrons. The SMILES string of the molecule is CC(C)CC(C)N(C)c1ncccc1CO. The van der Waals surface area contributed by atoms with Crippen LogP contribution in [0.3, 0.4) is 0 Å². The Balaban J connectivity index is 2.82. The van der Waals surface area contributed by atoms with Gasteiger partial charge in [-0.1, -0.05) is 19.9 Å². The molecule has 1 rings (SSSR count). The van der Waals surface area contributed by atoms with Crippen LogP contribution in [0, 0.1) is 5.92 Å². The number of anilines is 1. The molecule has 0 amide bonds. The lowest BCUT2D eigenvalue weighted by Gasteiger charge is -2.28. The Bertz CT molecular complexity index is 325. The molecular formula is C13H22N2O. The van der Waals surface area contributed by atoms with Gasteiger partial charge in [-0.3, -0.25) is 0 Å².